The number of nitrogens with zero attached hydrogens (tertiary/aromatic N) is 1. The summed E-state index contributed by atoms with van der Waals surface area (Å²) in [5.41, 5.74) is 0.159. The third kappa shape index (κ3) is 4.88. The van der Waals surface area contributed by atoms with Crippen molar-refractivity contribution in [2.75, 3.05) is 11.9 Å². The van der Waals surface area contributed by atoms with Crippen molar-refractivity contribution < 1.29 is 27.8 Å². The van der Waals surface area contributed by atoms with Crippen LogP contribution in [-0.4, -0.2) is 23.5 Å². The smallest absolute Gasteiger partial charge is 0.342 e. The Morgan fingerprint density at radius 2 is 1.82 bits per heavy atom. The number of aromatic nitrogens is 1. The first-order valence-corrected chi connectivity index (χ1v) is 8.12. The van der Waals surface area contributed by atoms with Gasteiger partial charge in [0, 0.05) is 18.0 Å². The maximum Gasteiger partial charge on any atom is 0.342 e. The average molecular weight is 384 g/mol. The molecule has 0 fully saturated rings. The Kier molecular flexibility index (Phi) is 5.91. The molecule has 142 valence electrons. The van der Waals surface area contributed by atoms with Gasteiger partial charge >= 0.3 is 5.97 Å². The molecule has 0 bridgehead atoms. The summed E-state index contributed by atoms with van der Waals surface area (Å²) in [6.07, 6.45) is 3.07. The number of esters is 1. The van der Waals surface area contributed by atoms with Crippen LogP contribution < -0.4 is 10.1 Å². The van der Waals surface area contributed by atoms with E-state index >= 15 is 0 Å². The van der Waals surface area contributed by atoms with Crippen LogP contribution in [0.25, 0.3) is 0 Å². The van der Waals surface area contributed by atoms with Gasteiger partial charge in [-0.2, -0.15) is 0 Å². The number of carbonyl (C=O) groups excluding carboxylic acids is 2. The van der Waals surface area contributed by atoms with E-state index < -0.39 is 30.1 Å². The van der Waals surface area contributed by atoms with Gasteiger partial charge in [0.2, 0.25) is 0 Å². The number of ether oxygens (including phenoxy) is 2. The molecule has 28 heavy (non-hydrogen) atoms. The molecule has 0 radical (unpaired) electrons. The summed E-state index contributed by atoms with van der Waals surface area (Å²) in [7, 11) is 0. The largest absolute Gasteiger partial charge is 0.455 e. The second-order valence-electron chi connectivity index (χ2n) is 5.54. The van der Waals surface area contributed by atoms with Gasteiger partial charge in [0.25, 0.3) is 5.91 Å². The molecule has 0 atom stereocenters. The van der Waals surface area contributed by atoms with Gasteiger partial charge < -0.3 is 14.8 Å². The van der Waals surface area contributed by atoms with Gasteiger partial charge in [0.1, 0.15) is 17.1 Å². The summed E-state index contributed by atoms with van der Waals surface area (Å²) in [6, 6.07) is 12.6. The molecule has 8 heteroatoms. The zero-order valence-corrected chi connectivity index (χ0v) is 14.4. The first-order chi connectivity index (χ1) is 13.5. The molecule has 0 unspecified atom stereocenters. The van der Waals surface area contributed by atoms with E-state index in [1.807, 2.05) is 0 Å². The van der Waals surface area contributed by atoms with Gasteiger partial charge in [-0.1, -0.05) is 12.1 Å². The fraction of sp³-hybridized carbons (Fsp3) is 0.0500. The quantitative estimate of drug-likeness (QED) is 0.651. The van der Waals surface area contributed by atoms with E-state index in [2.05, 4.69) is 10.3 Å². The van der Waals surface area contributed by atoms with E-state index in [0.717, 1.165) is 12.1 Å². The lowest BCUT2D eigenvalue weighted by molar-refractivity contribution is -0.119. The third-order valence-corrected chi connectivity index (χ3v) is 3.51. The van der Waals surface area contributed by atoms with Crippen LogP contribution in [0.3, 0.4) is 0 Å². The molecule has 0 spiro atoms. The maximum absolute atomic E-state index is 13.2. The van der Waals surface area contributed by atoms with Crippen LogP contribution in [0.5, 0.6) is 11.5 Å². The predicted molar refractivity (Wildman–Crippen MR) is 96.0 cm³/mol. The van der Waals surface area contributed by atoms with Crippen molar-refractivity contribution >= 4 is 17.6 Å². The lowest BCUT2D eigenvalue weighted by Gasteiger charge is -2.11. The van der Waals surface area contributed by atoms with Crippen LogP contribution in [-0.2, 0) is 9.53 Å². The molecule has 0 aliphatic heterocycles. The minimum absolute atomic E-state index is 0.0419. The molecule has 1 N–H and O–H groups in total. The first-order valence-electron chi connectivity index (χ1n) is 8.12. The van der Waals surface area contributed by atoms with E-state index in [1.165, 1.54) is 18.3 Å². The molecular formula is C20H14F2N2O4. The molecule has 0 aliphatic rings. The Hall–Kier alpha value is -3.81. The number of nitrogens with one attached hydrogen (secondary N) is 1. The summed E-state index contributed by atoms with van der Waals surface area (Å²) >= 11 is 0. The Labute approximate surface area is 158 Å². The SMILES string of the molecule is O=C(COC(=O)c1ccccc1Oc1cccnc1)Nc1ccc(F)c(F)c1. The number of benzene rings is 2. The van der Waals surface area contributed by atoms with Crippen molar-refractivity contribution in [1.29, 1.82) is 0 Å². The zero-order valence-electron chi connectivity index (χ0n) is 14.4. The summed E-state index contributed by atoms with van der Waals surface area (Å²) in [4.78, 5) is 28.1. The number of halogens is 2. The molecule has 1 amide bonds. The van der Waals surface area contributed by atoms with E-state index in [-0.39, 0.29) is 17.0 Å². The number of para-hydroxylation sites is 1. The van der Waals surface area contributed by atoms with Crippen LogP contribution >= 0.6 is 0 Å². The van der Waals surface area contributed by atoms with E-state index in [9.17, 15) is 18.4 Å². The number of carbonyl (C=O) groups is 2. The summed E-state index contributed by atoms with van der Waals surface area (Å²) in [5, 5.41) is 2.31. The first kappa shape index (κ1) is 19.0. The Bertz CT molecular complexity index is 997. The van der Waals surface area contributed by atoms with Crippen LogP contribution in [0.2, 0.25) is 0 Å². The van der Waals surface area contributed by atoms with E-state index in [0.29, 0.717) is 5.75 Å². The Morgan fingerprint density at radius 1 is 1.00 bits per heavy atom. The third-order valence-electron chi connectivity index (χ3n) is 3.51. The number of pyridine rings is 1. The van der Waals surface area contributed by atoms with Crippen LogP contribution in [0.4, 0.5) is 14.5 Å². The number of rotatable bonds is 6. The Morgan fingerprint density at radius 3 is 2.57 bits per heavy atom. The van der Waals surface area contributed by atoms with Gasteiger partial charge in [-0.25, -0.2) is 13.6 Å². The molecule has 3 aromatic rings. The van der Waals surface area contributed by atoms with E-state index in [1.54, 1.807) is 36.5 Å². The normalized spacial score (nSPS) is 10.2. The lowest BCUT2D eigenvalue weighted by atomic mass is 10.2. The monoisotopic (exact) mass is 384 g/mol. The average Bonchev–Trinajstić information content (AvgIpc) is 2.70. The van der Waals surface area contributed by atoms with Crippen molar-refractivity contribution in [2.45, 2.75) is 0 Å². The van der Waals surface area contributed by atoms with Gasteiger partial charge in [0.05, 0.1) is 6.20 Å². The van der Waals surface area contributed by atoms with Crippen LogP contribution in [0.15, 0.2) is 67.0 Å². The summed E-state index contributed by atoms with van der Waals surface area (Å²) in [5.74, 6) is -2.95. The number of hydrogen-bond donors (Lipinski definition) is 1. The van der Waals surface area contributed by atoms with Gasteiger partial charge in [-0.05, 0) is 36.4 Å². The molecule has 0 saturated heterocycles. The summed E-state index contributed by atoms with van der Waals surface area (Å²) < 4.78 is 36.7. The molecule has 0 saturated carbocycles. The second kappa shape index (κ2) is 8.72. The van der Waals surface area contributed by atoms with Gasteiger partial charge in [0.15, 0.2) is 18.2 Å². The Balaban J connectivity index is 1.61. The van der Waals surface area contributed by atoms with Gasteiger partial charge in [-0.3, -0.25) is 9.78 Å². The highest BCUT2D eigenvalue weighted by molar-refractivity contribution is 5.96. The summed E-state index contributed by atoms with van der Waals surface area (Å²) in [6.45, 7) is -0.612. The van der Waals surface area contributed by atoms with Crippen molar-refractivity contribution in [1.82, 2.24) is 4.98 Å². The minimum Gasteiger partial charge on any atom is -0.455 e. The number of anilines is 1. The topological polar surface area (TPSA) is 77.5 Å². The van der Waals surface area contributed by atoms with Crippen molar-refractivity contribution in [3.63, 3.8) is 0 Å². The highest BCUT2D eigenvalue weighted by Crippen LogP contribution is 2.25. The maximum atomic E-state index is 13.2. The van der Waals surface area contributed by atoms with Crippen molar-refractivity contribution in [3.8, 4) is 11.5 Å². The van der Waals surface area contributed by atoms with Crippen LogP contribution in [0, 0.1) is 11.6 Å². The molecule has 1 aromatic heterocycles. The fourth-order valence-electron chi connectivity index (χ4n) is 2.24. The molecule has 0 aliphatic carbocycles. The number of hydrogen-bond acceptors (Lipinski definition) is 5. The molecular weight excluding hydrogens is 370 g/mol. The molecule has 1 heterocycles. The zero-order chi connectivity index (χ0) is 19.9. The minimum atomic E-state index is -1.10. The molecule has 3 rings (SSSR count). The number of amides is 1. The highest BCUT2D eigenvalue weighted by Gasteiger charge is 2.16. The highest BCUT2D eigenvalue weighted by atomic mass is 19.2. The van der Waals surface area contributed by atoms with Gasteiger partial charge in [-0.15, -0.1) is 0 Å². The second-order valence-corrected chi connectivity index (χ2v) is 5.54. The lowest BCUT2D eigenvalue weighted by Crippen LogP contribution is -2.21. The predicted octanol–water partition coefficient (Wildman–Crippen LogP) is 3.95. The van der Waals surface area contributed by atoms with Crippen LogP contribution in [0.1, 0.15) is 10.4 Å². The van der Waals surface area contributed by atoms with Crippen molar-refractivity contribution in [2.24, 2.45) is 0 Å². The van der Waals surface area contributed by atoms with Crippen molar-refractivity contribution in [3.05, 3.63) is 84.2 Å². The molecule has 2 aromatic carbocycles. The fourth-order valence-corrected chi connectivity index (χ4v) is 2.24. The molecule has 6 nitrogen and oxygen atoms in total. The van der Waals surface area contributed by atoms with E-state index in [4.69, 9.17) is 9.47 Å². The standard InChI is InChI=1S/C20H14F2N2O4/c21-16-8-7-13(10-17(16)22)24-19(25)12-27-20(26)15-5-1-2-6-18(15)28-14-4-3-9-23-11-14/h1-11H,12H2,(H,24,25).